The molecule has 0 radical (unpaired) electrons. The maximum Gasteiger partial charge on any atom is 0.126 e. The molecular weight excluding hydrogens is 552 g/mol. The average Bonchev–Trinajstić information content (AvgIpc) is 2.80. The summed E-state index contributed by atoms with van der Waals surface area (Å²) in [5.41, 5.74) is 6.13. The van der Waals surface area contributed by atoms with E-state index in [0.717, 1.165) is 33.6 Å². The van der Waals surface area contributed by atoms with Crippen molar-refractivity contribution in [1.82, 2.24) is 0 Å². The maximum atomic E-state index is 10.5. The third-order valence-corrected chi connectivity index (χ3v) is 5.81. The number of rotatable bonds is 5. The van der Waals surface area contributed by atoms with E-state index in [0.29, 0.717) is 5.75 Å². The van der Waals surface area contributed by atoms with Crippen LogP contribution in [0.3, 0.4) is 0 Å². The average molecular weight is 578 g/mol. The van der Waals surface area contributed by atoms with Crippen molar-refractivity contribution in [1.29, 1.82) is 0 Å². The summed E-state index contributed by atoms with van der Waals surface area (Å²) in [5, 5.41) is 10.5. The second kappa shape index (κ2) is 9.54. The van der Waals surface area contributed by atoms with Crippen LogP contribution < -0.4 is 4.74 Å². The molecule has 0 bridgehead atoms. The van der Waals surface area contributed by atoms with Crippen molar-refractivity contribution in [3.63, 3.8) is 0 Å². The summed E-state index contributed by atoms with van der Waals surface area (Å²) in [4.78, 5) is 0. The smallest absolute Gasteiger partial charge is 0.126 e. The van der Waals surface area contributed by atoms with Crippen LogP contribution in [0.1, 0.15) is 25.0 Å². The van der Waals surface area contributed by atoms with Gasteiger partial charge in [-0.15, -0.1) is 0 Å². The number of phenolic OH excluding ortho intramolecular Hbond substituents is 1. The Hall–Kier alpha value is -2.83. The van der Waals surface area contributed by atoms with E-state index in [2.05, 4.69) is 44.2 Å². The van der Waals surface area contributed by atoms with Gasteiger partial charge in [-0.3, -0.25) is 0 Å². The molecule has 31 heavy (non-hydrogen) atoms. The fraction of sp³-hybridized carbons (Fsp3) is 0.143. The molecule has 0 spiro atoms. The van der Waals surface area contributed by atoms with Gasteiger partial charge in [0.1, 0.15) is 11.5 Å². The van der Waals surface area contributed by atoms with Gasteiger partial charge in [0, 0.05) is 37.6 Å². The molecular formula is C28H26O2W. The second-order valence-corrected chi connectivity index (χ2v) is 8.00. The summed E-state index contributed by atoms with van der Waals surface area (Å²) < 4.78 is 5.63. The molecule has 0 unspecified atom stereocenters. The SMILES string of the molecule is COc1ccc(C(C)(C)c2ccc(O)c(-c3ccccc3)c2)cc1-c1ccccc1.[W]. The molecule has 4 aromatic rings. The zero-order valence-corrected chi connectivity index (χ0v) is 20.9. The van der Waals surface area contributed by atoms with Crippen LogP contribution in [-0.2, 0) is 26.5 Å². The number of benzene rings is 4. The van der Waals surface area contributed by atoms with Gasteiger partial charge in [0.25, 0.3) is 0 Å². The molecule has 4 aromatic carbocycles. The summed E-state index contributed by atoms with van der Waals surface area (Å²) >= 11 is 0. The van der Waals surface area contributed by atoms with E-state index in [4.69, 9.17) is 4.74 Å². The number of hydrogen-bond acceptors (Lipinski definition) is 2. The molecule has 4 rings (SSSR count). The van der Waals surface area contributed by atoms with Crippen LogP contribution in [0.5, 0.6) is 11.5 Å². The van der Waals surface area contributed by atoms with Gasteiger partial charge in [-0.2, -0.15) is 0 Å². The molecule has 3 heteroatoms. The zero-order valence-electron chi connectivity index (χ0n) is 18.0. The van der Waals surface area contributed by atoms with Crippen LogP contribution in [0.15, 0.2) is 97.1 Å². The Morgan fingerprint density at radius 2 is 1.13 bits per heavy atom. The largest absolute Gasteiger partial charge is 0.507 e. The third-order valence-electron chi connectivity index (χ3n) is 5.81. The number of hydrogen-bond donors (Lipinski definition) is 1. The molecule has 0 aromatic heterocycles. The van der Waals surface area contributed by atoms with E-state index in [1.54, 1.807) is 13.2 Å². The van der Waals surface area contributed by atoms with Crippen molar-refractivity contribution < 1.29 is 30.9 Å². The predicted octanol–water partition coefficient (Wildman–Crippen LogP) is 7.06. The molecule has 0 saturated heterocycles. The van der Waals surface area contributed by atoms with Crippen LogP contribution in [0.2, 0.25) is 0 Å². The molecule has 0 fully saturated rings. The number of phenols is 1. The first-order chi connectivity index (χ1) is 14.5. The van der Waals surface area contributed by atoms with Gasteiger partial charge in [-0.1, -0.05) is 86.6 Å². The summed E-state index contributed by atoms with van der Waals surface area (Å²) in [5.74, 6) is 1.15. The van der Waals surface area contributed by atoms with Crippen LogP contribution in [-0.4, -0.2) is 12.2 Å². The predicted molar refractivity (Wildman–Crippen MR) is 124 cm³/mol. The van der Waals surface area contributed by atoms with E-state index in [1.807, 2.05) is 60.7 Å². The third kappa shape index (κ3) is 4.60. The van der Waals surface area contributed by atoms with E-state index in [-0.39, 0.29) is 26.5 Å². The molecule has 0 aliphatic rings. The maximum absolute atomic E-state index is 10.5. The number of methoxy groups -OCH3 is 1. The Morgan fingerprint density at radius 1 is 0.645 bits per heavy atom. The van der Waals surface area contributed by atoms with Gasteiger partial charge in [0.05, 0.1) is 7.11 Å². The fourth-order valence-corrected chi connectivity index (χ4v) is 3.88. The Kier molecular flexibility index (Phi) is 7.03. The summed E-state index contributed by atoms with van der Waals surface area (Å²) in [7, 11) is 1.71. The summed E-state index contributed by atoms with van der Waals surface area (Å²) in [6, 6.07) is 32.6. The van der Waals surface area contributed by atoms with Crippen LogP contribution >= 0.6 is 0 Å². The first kappa shape index (κ1) is 22.8. The molecule has 0 aliphatic heterocycles. The van der Waals surface area contributed by atoms with Gasteiger partial charge < -0.3 is 9.84 Å². The Balaban J connectivity index is 0.00000272. The number of aromatic hydroxyl groups is 1. The minimum atomic E-state index is -0.257. The molecule has 156 valence electrons. The Bertz CT molecular complexity index is 1150. The van der Waals surface area contributed by atoms with Gasteiger partial charge in [-0.25, -0.2) is 0 Å². The normalized spacial score (nSPS) is 10.9. The van der Waals surface area contributed by atoms with Crippen molar-refractivity contribution >= 4 is 0 Å². The van der Waals surface area contributed by atoms with E-state index < -0.39 is 0 Å². The standard InChI is InChI=1S/C28H26O2.W/c1-28(2,22-14-16-26(29)24(18-22)20-10-6-4-7-11-20)23-15-17-27(30-3)25(19-23)21-12-8-5-9-13-21;/h4-19,29H,1-3H3;. The van der Waals surface area contributed by atoms with E-state index >= 15 is 0 Å². The molecule has 1 N–H and O–H groups in total. The molecule has 0 heterocycles. The van der Waals surface area contributed by atoms with Gasteiger partial charge in [-0.05, 0) is 46.5 Å². The van der Waals surface area contributed by atoms with Gasteiger partial charge in [0.15, 0.2) is 0 Å². The molecule has 0 aliphatic carbocycles. The second-order valence-electron chi connectivity index (χ2n) is 8.00. The van der Waals surface area contributed by atoms with Crippen molar-refractivity contribution in [2.24, 2.45) is 0 Å². The van der Waals surface area contributed by atoms with Crippen molar-refractivity contribution in [2.45, 2.75) is 19.3 Å². The molecule has 0 saturated carbocycles. The van der Waals surface area contributed by atoms with E-state index in [9.17, 15) is 5.11 Å². The number of ether oxygens (including phenoxy) is 1. The Labute approximate surface area is 198 Å². The van der Waals surface area contributed by atoms with Crippen molar-refractivity contribution in [2.75, 3.05) is 7.11 Å². The molecule has 2 nitrogen and oxygen atoms in total. The summed E-state index contributed by atoms with van der Waals surface area (Å²) in [6.07, 6.45) is 0. The molecule has 0 amide bonds. The first-order valence-corrected chi connectivity index (χ1v) is 10.1. The Morgan fingerprint density at radius 3 is 1.68 bits per heavy atom. The topological polar surface area (TPSA) is 29.5 Å². The van der Waals surface area contributed by atoms with Crippen LogP contribution in [0, 0.1) is 0 Å². The van der Waals surface area contributed by atoms with Crippen molar-refractivity contribution in [3.8, 4) is 33.8 Å². The van der Waals surface area contributed by atoms with Crippen LogP contribution in [0.25, 0.3) is 22.3 Å². The van der Waals surface area contributed by atoms with Gasteiger partial charge >= 0.3 is 0 Å². The quantitative estimate of drug-likeness (QED) is 0.275. The molecule has 0 atom stereocenters. The summed E-state index contributed by atoms with van der Waals surface area (Å²) in [6.45, 7) is 4.43. The first-order valence-electron chi connectivity index (χ1n) is 10.1. The minimum Gasteiger partial charge on any atom is -0.507 e. The van der Waals surface area contributed by atoms with Crippen LogP contribution in [0.4, 0.5) is 0 Å². The zero-order chi connectivity index (χ0) is 21.1. The minimum absolute atomic E-state index is 0. The van der Waals surface area contributed by atoms with Gasteiger partial charge in [0.2, 0.25) is 0 Å². The monoisotopic (exact) mass is 578 g/mol. The van der Waals surface area contributed by atoms with Crippen molar-refractivity contribution in [3.05, 3.63) is 108 Å². The fourth-order valence-electron chi connectivity index (χ4n) is 3.88. The van der Waals surface area contributed by atoms with E-state index in [1.165, 1.54) is 5.56 Å².